The van der Waals surface area contributed by atoms with Gasteiger partial charge in [0.25, 0.3) is 0 Å². The Kier molecular flexibility index (Phi) is 6.39. The number of esters is 1. The molecule has 36 heavy (non-hydrogen) atoms. The predicted molar refractivity (Wildman–Crippen MR) is 144 cm³/mol. The van der Waals surface area contributed by atoms with E-state index in [2.05, 4.69) is 59.6 Å². The van der Waals surface area contributed by atoms with Crippen molar-refractivity contribution in [2.75, 3.05) is 6.61 Å². The zero-order valence-corrected chi connectivity index (χ0v) is 25.5. The molecule has 0 radical (unpaired) electrons. The lowest BCUT2D eigenvalue weighted by atomic mass is 9.44. The summed E-state index contributed by atoms with van der Waals surface area (Å²) in [6.45, 7) is 11.4. The van der Waals surface area contributed by atoms with E-state index in [0.29, 0.717) is 35.4 Å². The topological polar surface area (TPSA) is 61.8 Å². The average Bonchev–Trinajstić information content (AvgIpc) is 3.26. The Morgan fingerprint density at radius 2 is 1.81 bits per heavy atom. The van der Waals surface area contributed by atoms with Gasteiger partial charge < -0.3 is 14.2 Å². The van der Waals surface area contributed by atoms with Gasteiger partial charge >= 0.3 is 5.97 Å². The number of ether oxygens (including phenoxy) is 3. The van der Waals surface area contributed by atoms with Crippen LogP contribution in [0, 0.1) is 52.3 Å². The van der Waals surface area contributed by atoms with Gasteiger partial charge in [0.15, 0.2) is 11.6 Å². The molecule has 0 amide bonds. The second-order valence-corrected chi connectivity index (χ2v) is 15.8. The second kappa shape index (κ2) is 8.76. The Morgan fingerprint density at radius 1 is 1.06 bits per heavy atom. The molecule has 6 fully saturated rings. The molecule has 0 bridgehead atoms. The maximum Gasteiger partial charge on any atom is 0.302 e. The summed E-state index contributed by atoms with van der Waals surface area (Å²) in [5.74, 6) is 2.18. The molecule has 202 valence electrons. The Labute approximate surface area is 232 Å². The van der Waals surface area contributed by atoms with Gasteiger partial charge in [-0.3, -0.25) is 9.59 Å². The first kappa shape index (κ1) is 26.3. The highest BCUT2D eigenvalue weighted by Crippen LogP contribution is 2.71. The fourth-order valence-corrected chi connectivity index (χ4v) is 13.2. The van der Waals surface area contributed by atoms with E-state index in [1.54, 1.807) is 0 Å². The monoisotopic (exact) mass is 628 g/mol. The molecule has 0 aromatic rings. The molecule has 0 N–H and O–H groups in total. The van der Waals surface area contributed by atoms with Crippen LogP contribution in [0.3, 0.4) is 0 Å². The molecular weight excluding hydrogens is 588 g/mol. The minimum absolute atomic E-state index is 0.0298. The maximum absolute atomic E-state index is 14.5. The number of carbonyl (C=O) groups excluding carboxylic acids is 2. The minimum Gasteiger partial charge on any atom is -0.463 e. The summed E-state index contributed by atoms with van der Waals surface area (Å²) in [7, 11) is 0. The highest BCUT2D eigenvalue weighted by atomic mass is 79.9. The standard InChI is InChI=1S/C29H42Br2O5/c1-14-10-22(30)29(34-13-14)15(2)23-21(36-29)12-20-19-7-6-17-11-18(35-16(3)32)8-9-27(17,4)24(19)25(31)26(33)28(20,23)5/h14-15,17-25H,6-13H2,1-5H3/t14?,15-,17?,18?,19-,20-,21-,22?,23-,24+,25?,27-,28-,29-/m0/s1. The van der Waals surface area contributed by atoms with E-state index in [1.165, 1.54) is 6.92 Å². The number of alkyl halides is 2. The van der Waals surface area contributed by atoms with Crippen LogP contribution >= 0.6 is 31.9 Å². The van der Waals surface area contributed by atoms with Crippen LogP contribution in [-0.4, -0.2) is 46.0 Å². The first-order chi connectivity index (χ1) is 16.9. The van der Waals surface area contributed by atoms with Gasteiger partial charge in [-0.1, -0.05) is 59.6 Å². The lowest BCUT2D eigenvalue weighted by Crippen LogP contribution is -2.63. The highest BCUT2D eigenvalue weighted by Gasteiger charge is 2.74. The molecule has 5 unspecified atom stereocenters. The lowest BCUT2D eigenvalue weighted by Gasteiger charge is -2.62. The molecule has 0 aromatic carbocycles. The van der Waals surface area contributed by atoms with Crippen molar-refractivity contribution in [2.24, 2.45) is 52.3 Å². The van der Waals surface area contributed by atoms with Crippen LogP contribution in [0.15, 0.2) is 0 Å². The second-order valence-electron chi connectivity index (χ2n) is 13.7. The fraction of sp³-hybridized carbons (Fsp3) is 0.931. The van der Waals surface area contributed by atoms with Crippen molar-refractivity contribution in [2.45, 2.75) is 107 Å². The summed E-state index contributed by atoms with van der Waals surface area (Å²) < 4.78 is 19.0. The lowest BCUT2D eigenvalue weighted by molar-refractivity contribution is -0.266. The van der Waals surface area contributed by atoms with Crippen LogP contribution < -0.4 is 0 Å². The van der Waals surface area contributed by atoms with Gasteiger partial charge in [0, 0.05) is 24.2 Å². The molecule has 1 spiro atoms. The Hall–Kier alpha value is 0.0200. The summed E-state index contributed by atoms with van der Waals surface area (Å²) in [5, 5.41) is 0. The third-order valence-corrected chi connectivity index (χ3v) is 14.0. The first-order valence-corrected chi connectivity index (χ1v) is 16.1. The van der Waals surface area contributed by atoms with Crippen molar-refractivity contribution in [3.63, 3.8) is 0 Å². The van der Waals surface area contributed by atoms with Gasteiger partial charge in [-0.15, -0.1) is 0 Å². The van der Waals surface area contributed by atoms with E-state index in [9.17, 15) is 9.59 Å². The fourth-order valence-electron chi connectivity index (χ4n) is 10.4. The van der Waals surface area contributed by atoms with Crippen molar-refractivity contribution in [3.05, 3.63) is 0 Å². The number of rotatable bonds is 1. The first-order valence-electron chi connectivity index (χ1n) is 14.2. The van der Waals surface area contributed by atoms with Crippen molar-refractivity contribution in [1.82, 2.24) is 0 Å². The number of carbonyl (C=O) groups is 2. The molecule has 0 aromatic heterocycles. The van der Waals surface area contributed by atoms with Crippen molar-refractivity contribution < 1.29 is 23.8 Å². The predicted octanol–water partition coefficient (Wildman–Crippen LogP) is 6.29. The zero-order chi connectivity index (χ0) is 25.8. The van der Waals surface area contributed by atoms with Crippen LogP contribution in [0.1, 0.15) is 79.6 Å². The summed E-state index contributed by atoms with van der Waals surface area (Å²) >= 11 is 7.97. The van der Waals surface area contributed by atoms with Crippen LogP contribution in [0.25, 0.3) is 0 Å². The van der Waals surface area contributed by atoms with Gasteiger partial charge in [-0.2, -0.15) is 0 Å². The molecule has 4 aliphatic carbocycles. The molecule has 2 heterocycles. The molecule has 2 aliphatic heterocycles. The normalized spacial score (nSPS) is 58.1. The number of hydrogen-bond acceptors (Lipinski definition) is 5. The van der Waals surface area contributed by atoms with Crippen molar-refractivity contribution in [3.8, 4) is 0 Å². The van der Waals surface area contributed by atoms with Gasteiger partial charge in [0.1, 0.15) is 6.10 Å². The SMILES string of the molecule is CC(=O)OC1CC[C@@]2(C)C(CC[C@H]3[C@@H]4C[C@@H]5O[C@@]6(OCC(C)CC6Br)[C@@H](C)[C@@H]5[C@@]4(C)C(=O)C(Br)[C@@H]32)C1. The van der Waals surface area contributed by atoms with Crippen LogP contribution in [0.5, 0.6) is 0 Å². The number of fused-ring (bicyclic) bond motifs is 7. The van der Waals surface area contributed by atoms with E-state index in [-0.39, 0.29) is 50.5 Å². The van der Waals surface area contributed by atoms with Crippen LogP contribution in [-0.2, 0) is 23.8 Å². The van der Waals surface area contributed by atoms with Gasteiger partial charge in [0.2, 0.25) is 0 Å². The minimum atomic E-state index is -0.618. The Balaban J connectivity index is 1.29. The Bertz CT molecular complexity index is 943. The zero-order valence-electron chi connectivity index (χ0n) is 22.3. The molecule has 6 aliphatic rings. The highest BCUT2D eigenvalue weighted by molar-refractivity contribution is 9.10. The molecule has 7 heteroatoms. The quantitative estimate of drug-likeness (QED) is 0.252. The average molecular weight is 630 g/mol. The smallest absolute Gasteiger partial charge is 0.302 e. The van der Waals surface area contributed by atoms with Gasteiger partial charge in [-0.25, -0.2) is 0 Å². The van der Waals surface area contributed by atoms with Crippen molar-refractivity contribution in [1.29, 1.82) is 0 Å². The van der Waals surface area contributed by atoms with E-state index in [1.807, 2.05) is 0 Å². The third kappa shape index (κ3) is 3.43. The summed E-state index contributed by atoms with van der Waals surface area (Å²) in [6.07, 6.45) is 7.30. The molecule has 14 atom stereocenters. The van der Waals surface area contributed by atoms with E-state index < -0.39 is 5.79 Å². The molecule has 5 nitrogen and oxygen atoms in total. The molecule has 2 saturated heterocycles. The summed E-state index contributed by atoms with van der Waals surface area (Å²) in [4.78, 5) is 26.1. The molecular formula is C29H42Br2O5. The number of ketones is 1. The van der Waals surface area contributed by atoms with Crippen molar-refractivity contribution >= 4 is 43.6 Å². The third-order valence-electron chi connectivity index (χ3n) is 12.0. The largest absolute Gasteiger partial charge is 0.463 e. The number of Topliss-reactive ketones (excluding diaryl/α,β-unsaturated/α-hetero) is 1. The van der Waals surface area contributed by atoms with Crippen LogP contribution in [0.4, 0.5) is 0 Å². The van der Waals surface area contributed by atoms with E-state index in [0.717, 1.165) is 51.6 Å². The summed E-state index contributed by atoms with van der Waals surface area (Å²) in [5.41, 5.74) is -0.292. The van der Waals surface area contributed by atoms with E-state index in [4.69, 9.17) is 14.2 Å². The summed E-state index contributed by atoms with van der Waals surface area (Å²) in [6, 6.07) is 0. The van der Waals surface area contributed by atoms with Gasteiger partial charge in [-0.05, 0) is 80.0 Å². The molecule has 4 saturated carbocycles. The van der Waals surface area contributed by atoms with Gasteiger partial charge in [0.05, 0.1) is 22.4 Å². The number of halogens is 2. The van der Waals surface area contributed by atoms with E-state index >= 15 is 0 Å². The van der Waals surface area contributed by atoms with Crippen LogP contribution in [0.2, 0.25) is 0 Å². The maximum atomic E-state index is 14.5. The Morgan fingerprint density at radius 3 is 2.50 bits per heavy atom. The number of hydrogen-bond donors (Lipinski definition) is 0. The molecule has 6 rings (SSSR count).